The Morgan fingerprint density at radius 2 is 1.67 bits per heavy atom. The highest BCUT2D eigenvalue weighted by atomic mass is 35.5. The van der Waals surface area contributed by atoms with Gasteiger partial charge < -0.3 is 10.6 Å². The van der Waals surface area contributed by atoms with Crippen molar-refractivity contribution in [2.24, 2.45) is 0 Å². The van der Waals surface area contributed by atoms with Gasteiger partial charge in [0, 0.05) is 6.54 Å². The number of alkyl halides is 1. The van der Waals surface area contributed by atoms with E-state index in [9.17, 15) is 9.59 Å². The van der Waals surface area contributed by atoms with Crippen molar-refractivity contribution in [3.8, 4) is 0 Å². The molecule has 0 atom stereocenters. The molecule has 0 unspecified atom stereocenters. The average Bonchev–Trinajstić information content (AvgIpc) is 2.42. The van der Waals surface area contributed by atoms with Crippen LogP contribution in [0, 0.1) is 0 Å². The van der Waals surface area contributed by atoms with Crippen LogP contribution in [0.3, 0.4) is 0 Å². The Kier molecular flexibility index (Phi) is 6.22. The van der Waals surface area contributed by atoms with Gasteiger partial charge in [-0.1, -0.05) is 31.2 Å². The summed E-state index contributed by atoms with van der Waals surface area (Å²) in [5, 5.41) is 5.12. The van der Waals surface area contributed by atoms with Crippen LogP contribution in [0.4, 0.5) is 0 Å². The first kappa shape index (κ1) is 14.5. The Morgan fingerprint density at radius 3 is 2.22 bits per heavy atom. The zero-order valence-corrected chi connectivity index (χ0v) is 11.1. The summed E-state index contributed by atoms with van der Waals surface area (Å²) < 4.78 is 0. The van der Waals surface area contributed by atoms with E-state index in [1.807, 2.05) is 24.3 Å². The molecule has 0 aliphatic heterocycles. The predicted molar refractivity (Wildman–Crippen MR) is 71.4 cm³/mol. The highest BCUT2D eigenvalue weighted by molar-refractivity contribution is 6.27. The minimum atomic E-state index is -0.348. The van der Waals surface area contributed by atoms with E-state index in [4.69, 9.17) is 11.6 Å². The molecule has 0 saturated carbocycles. The van der Waals surface area contributed by atoms with Crippen LogP contribution in [0.2, 0.25) is 0 Å². The Labute approximate surface area is 112 Å². The van der Waals surface area contributed by atoms with Crippen molar-refractivity contribution in [2.75, 3.05) is 12.4 Å². The van der Waals surface area contributed by atoms with E-state index in [1.54, 1.807) is 0 Å². The molecular weight excluding hydrogens is 252 g/mol. The maximum Gasteiger partial charge on any atom is 0.239 e. The van der Waals surface area contributed by atoms with E-state index in [-0.39, 0.29) is 24.2 Å². The van der Waals surface area contributed by atoms with Crippen LogP contribution in [0.1, 0.15) is 18.1 Å². The van der Waals surface area contributed by atoms with Crippen LogP contribution < -0.4 is 10.6 Å². The van der Waals surface area contributed by atoms with Crippen molar-refractivity contribution in [1.82, 2.24) is 10.6 Å². The number of nitrogens with one attached hydrogen (secondary N) is 2. The second-order valence-electron chi connectivity index (χ2n) is 3.86. The molecule has 1 aromatic carbocycles. The molecule has 0 aromatic heterocycles. The van der Waals surface area contributed by atoms with E-state index in [0.29, 0.717) is 6.54 Å². The quantitative estimate of drug-likeness (QED) is 0.762. The molecule has 1 rings (SSSR count). The van der Waals surface area contributed by atoms with Crippen molar-refractivity contribution < 1.29 is 9.59 Å². The first-order valence-corrected chi connectivity index (χ1v) is 6.36. The molecule has 0 saturated heterocycles. The van der Waals surface area contributed by atoms with E-state index in [2.05, 4.69) is 17.6 Å². The molecule has 18 heavy (non-hydrogen) atoms. The van der Waals surface area contributed by atoms with E-state index in [1.165, 1.54) is 5.56 Å². The summed E-state index contributed by atoms with van der Waals surface area (Å²) in [5.74, 6) is -0.710. The molecule has 0 radical (unpaired) electrons. The lowest BCUT2D eigenvalue weighted by Gasteiger charge is -2.06. The molecule has 0 aliphatic carbocycles. The van der Waals surface area contributed by atoms with Crippen LogP contribution in [-0.2, 0) is 22.6 Å². The molecule has 0 fully saturated rings. The molecule has 98 valence electrons. The molecule has 4 nitrogen and oxygen atoms in total. The minimum Gasteiger partial charge on any atom is -0.350 e. The molecule has 0 spiro atoms. The van der Waals surface area contributed by atoms with Crippen molar-refractivity contribution in [3.05, 3.63) is 35.4 Å². The Morgan fingerprint density at radius 1 is 1.06 bits per heavy atom. The van der Waals surface area contributed by atoms with E-state index < -0.39 is 0 Å². The summed E-state index contributed by atoms with van der Waals surface area (Å²) in [5.41, 5.74) is 2.30. The SMILES string of the molecule is CCc1ccc(CNC(=O)CNC(=O)CCl)cc1. The van der Waals surface area contributed by atoms with E-state index in [0.717, 1.165) is 12.0 Å². The molecular formula is C13H17ClN2O2. The predicted octanol–water partition coefficient (Wildman–Crippen LogP) is 1.22. The van der Waals surface area contributed by atoms with Crippen molar-refractivity contribution >= 4 is 23.4 Å². The molecule has 2 amide bonds. The summed E-state index contributed by atoms with van der Waals surface area (Å²) in [4.78, 5) is 22.2. The van der Waals surface area contributed by atoms with Gasteiger partial charge in [0.2, 0.25) is 11.8 Å². The fraction of sp³-hybridized carbons (Fsp3) is 0.385. The van der Waals surface area contributed by atoms with Gasteiger partial charge in [-0.3, -0.25) is 9.59 Å². The highest BCUT2D eigenvalue weighted by Crippen LogP contribution is 2.04. The maximum absolute atomic E-state index is 11.4. The fourth-order valence-corrected chi connectivity index (χ4v) is 1.48. The molecule has 0 aliphatic rings. The fourth-order valence-electron chi connectivity index (χ4n) is 1.38. The zero-order chi connectivity index (χ0) is 13.4. The van der Waals surface area contributed by atoms with Gasteiger partial charge >= 0.3 is 0 Å². The number of carbonyl (C=O) groups excluding carboxylic acids is 2. The number of aryl methyl sites for hydroxylation is 1. The molecule has 2 N–H and O–H groups in total. The Balaban J connectivity index is 2.31. The van der Waals surface area contributed by atoms with Crippen molar-refractivity contribution in [2.45, 2.75) is 19.9 Å². The summed E-state index contributed by atoms with van der Waals surface area (Å²) >= 11 is 5.29. The van der Waals surface area contributed by atoms with Gasteiger partial charge in [-0.15, -0.1) is 11.6 Å². The van der Waals surface area contributed by atoms with Gasteiger partial charge in [0.1, 0.15) is 5.88 Å². The number of benzene rings is 1. The molecule has 1 aromatic rings. The minimum absolute atomic E-state index is 0.0431. The third kappa shape index (κ3) is 5.19. The normalized spacial score (nSPS) is 9.89. The number of hydrogen-bond acceptors (Lipinski definition) is 2. The molecule has 5 heteroatoms. The van der Waals surface area contributed by atoms with Gasteiger partial charge in [0.05, 0.1) is 6.54 Å². The number of hydrogen-bond donors (Lipinski definition) is 2. The first-order valence-electron chi connectivity index (χ1n) is 5.83. The van der Waals surface area contributed by atoms with Crippen LogP contribution in [0.5, 0.6) is 0 Å². The lowest BCUT2D eigenvalue weighted by Crippen LogP contribution is -2.37. The number of halogens is 1. The summed E-state index contributed by atoms with van der Waals surface area (Å²) in [6.07, 6.45) is 0.997. The van der Waals surface area contributed by atoms with Crippen molar-refractivity contribution in [1.29, 1.82) is 0 Å². The number of amides is 2. The maximum atomic E-state index is 11.4. The van der Waals surface area contributed by atoms with Crippen LogP contribution in [-0.4, -0.2) is 24.2 Å². The van der Waals surface area contributed by atoms with Gasteiger partial charge in [-0.05, 0) is 17.5 Å². The first-order chi connectivity index (χ1) is 8.65. The average molecular weight is 269 g/mol. The van der Waals surface area contributed by atoms with Gasteiger partial charge in [-0.25, -0.2) is 0 Å². The van der Waals surface area contributed by atoms with Gasteiger partial charge in [0.15, 0.2) is 0 Å². The van der Waals surface area contributed by atoms with Crippen LogP contribution in [0.15, 0.2) is 24.3 Å². The Hall–Kier alpha value is -1.55. The lowest BCUT2D eigenvalue weighted by molar-refractivity contribution is -0.124. The third-order valence-corrected chi connectivity index (χ3v) is 2.73. The zero-order valence-electron chi connectivity index (χ0n) is 10.3. The number of rotatable bonds is 6. The van der Waals surface area contributed by atoms with Crippen molar-refractivity contribution in [3.63, 3.8) is 0 Å². The van der Waals surface area contributed by atoms with Gasteiger partial charge in [-0.2, -0.15) is 0 Å². The van der Waals surface area contributed by atoms with E-state index >= 15 is 0 Å². The molecule has 0 bridgehead atoms. The Bertz CT molecular complexity index is 404. The largest absolute Gasteiger partial charge is 0.350 e. The smallest absolute Gasteiger partial charge is 0.239 e. The monoisotopic (exact) mass is 268 g/mol. The summed E-state index contributed by atoms with van der Waals surface area (Å²) in [6.45, 7) is 2.51. The third-order valence-electron chi connectivity index (χ3n) is 2.49. The number of carbonyl (C=O) groups is 2. The second kappa shape index (κ2) is 7.71. The lowest BCUT2D eigenvalue weighted by atomic mass is 10.1. The standard InChI is InChI=1S/C13H17ClN2O2/c1-2-10-3-5-11(6-4-10)8-15-13(18)9-16-12(17)7-14/h3-6H,2,7-9H2,1H3,(H,15,18)(H,16,17). The second-order valence-corrected chi connectivity index (χ2v) is 4.12. The van der Waals surface area contributed by atoms with Gasteiger partial charge in [0.25, 0.3) is 0 Å². The van der Waals surface area contributed by atoms with Crippen LogP contribution >= 0.6 is 11.6 Å². The van der Waals surface area contributed by atoms with Crippen LogP contribution in [0.25, 0.3) is 0 Å². The molecule has 0 heterocycles. The summed E-state index contributed by atoms with van der Waals surface area (Å²) in [7, 11) is 0. The summed E-state index contributed by atoms with van der Waals surface area (Å²) in [6, 6.07) is 8.04. The highest BCUT2D eigenvalue weighted by Gasteiger charge is 2.03. The topological polar surface area (TPSA) is 58.2 Å².